The summed E-state index contributed by atoms with van der Waals surface area (Å²) in [6.45, 7) is 4.27. The molecule has 0 bridgehead atoms. The van der Waals surface area contributed by atoms with E-state index in [1.54, 1.807) is 6.26 Å². The molecule has 2 aromatic heterocycles. The highest BCUT2D eigenvalue weighted by Crippen LogP contribution is 2.14. The first-order valence-electron chi connectivity index (χ1n) is 8.84. The number of aromatic amines is 1. The van der Waals surface area contributed by atoms with Gasteiger partial charge in [-0.25, -0.2) is 4.98 Å². The Morgan fingerprint density at radius 3 is 2.75 bits per heavy atom. The first-order chi connectivity index (χ1) is 13.2. The normalized spacial score (nSPS) is 11.2. The van der Waals surface area contributed by atoms with Gasteiger partial charge in [-0.1, -0.05) is 28.1 Å². The highest BCUT2D eigenvalue weighted by atomic mass is 127. The summed E-state index contributed by atoms with van der Waals surface area (Å²) in [6.07, 6.45) is 2.29. The molecule has 0 radical (unpaired) electrons. The fraction of sp³-hybridized carbons (Fsp3) is 0.316. The van der Waals surface area contributed by atoms with E-state index < -0.39 is 0 Å². The third kappa shape index (κ3) is 6.33. The van der Waals surface area contributed by atoms with Crippen LogP contribution in [-0.4, -0.2) is 46.2 Å². The van der Waals surface area contributed by atoms with Crippen molar-refractivity contribution in [2.24, 2.45) is 4.99 Å². The van der Waals surface area contributed by atoms with Crippen LogP contribution in [0.3, 0.4) is 0 Å². The lowest BCUT2D eigenvalue weighted by Gasteiger charge is -2.22. The largest absolute Gasteiger partial charge is 0.461 e. The van der Waals surface area contributed by atoms with Crippen molar-refractivity contribution in [2.45, 2.75) is 19.9 Å². The number of hydrogen-bond acceptors (Lipinski definition) is 4. The summed E-state index contributed by atoms with van der Waals surface area (Å²) < 4.78 is 6.39. The molecule has 150 valence electrons. The molecule has 0 spiro atoms. The predicted molar refractivity (Wildman–Crippen MR) is 125 cm³/mol. The lowest BCUT2D eigenvalue weighted by atomic mass is 10.2. The maximum absolute atomic E-state index is 5.31. The lowest BCUT2D eigenvalue weighted by molar-refractivity contribution is 0.477. The first kappa shape index (κ1) is 22.4. The SMILES string of the molecule is CCNC(=NCCc1nc(-c2ccco2)n[nH]1)N(C)Cc1ccc(Br)cc1.I. The van der Waals surface area contributed by atoms with Gasteiger partial charge in [0.05, 0.1) is 6.26 Å². The summed E-state index contributed by atoms with van der Waals surface area (Å²) in [5.74, 6) is 2.88. The predicted octanol–water partition coefficient (Wildman–Crippen LogP) is 4.09. The number of H-pyrrole nitrogens is 1. The molecule has 3 rings (SSSR count). The van der Waals surface area contributed by atoms with Crippen molar-refractivity contribution in [3.05, 3.63) is 58.5 Å². The van der Waals surface area contributed by atoms with E-state index in [4.69, 9.17) is 9.41 Å². The van der Waals surface area contributed by atoms with Crippen LogP contribution < -0.4 is 5.32 Å². The second-order valence-corrected chi connectivity index (χ2v) is 6.97. The Bertz CT molecular complexity index is 863. The number of halogens is 2. The number of hydrogen-bond donors (Lipinski definition) is 2. The summed E-state index contributed by atoms with van der Waals surface area (Å²) >= 11 is 3.47. The minimum atomic E-state index is 0. The molecule has 0 fully saturated rings. The van der Waals surface area contributed by atoms with Crippen LogP contribution in [0.5, 0.6) is 0 Å². The van der Waals surface area contributed by atoms with Gasteiger partial charge in [-0.2, -0.15) is 5.10 Å². The van der Waals surface area contributed by atoms with Crippen LogP contribution in [0.2, 0.25) is 0 Å². The number of furan rings is 1. The van der Waals surface area contributed by atoms with E-state index in [1.165, 1.54) is 5.56 Å². The molecule has 2 heterocycles. The Morgan fingerprint density at radius 2 is 2.07 bits per heavy atom. The summed E-state index contributed by atoms with van der Waals surface area (Å²) in [7, 11) is 2.03. The van der Waals surface area contributed by atoms with Gasteiger partial charge in [0.2, 0.25) is 5.82 Å². The summed E-state index contributed by atoms with van der Waals surface area (Å²) in [5.41, 5.74) is 1.23. The number of benzene rings is 1. The molecular weight excluding hydrogens is 535 g/mol. The maximum Gasteiger partial charge on any atom is 0.216 e. The van der Waals surface area contributed by atoms with Crippen LogP contribution in [0.15, 0.2) is 56.5 Å². The Morgan fingerprint density at radius 1 is 1.29 bits per heavy atom. The molecular formula is C19H24BrIN6O. The summed E-state index contributed by atoms with van der Waals surface area (Å²) in [5, 5.41) is 10.5. The smallest absolute Gasteiger partial charge is 0.216 e. The first-order valence-corrected chi connectivity index (χ1v) is 9.64. The topological polar surface area (TPSA) is 82.3 Å². The van der Waals surface area contributed by atoms with Gasteiger partial charge in [0.15, 0.2) is 11.7 Å². The van der Waals surface area contributed by atoms with Crippen molar-refractivity contribution in [3.63, 3.8) is 0 Å². The van der Waals surface area contributed by atoms with E-state index in [0.29, 0.717) is 24.6 Å². The Labute approximate surface area is 190 Å². The van der Waals surface area contributed by atoms with Gasteiger partial charge >= 0.3 is 0 Å². The average Bonchev–Trinajstić information content (AvgIpc) is 3.34. The number of rotatable bonds is 7. The number of aromatic nitrogens is 3. The second kappa shape index (κ2) is 11.2. The van der Waals surface area contributed by atoms with E-state index in [-0.39, 0.29) is 24.0 Å². The number of guanidine groups is 1. The van der Waals surface area contributed by atoms with Gasteiger partial charge in [0.25, 0.3) is 0 Å². The van der Waals surface area contributed by atoms with Crippen molar-refractivity contribution in [3.8, 4) is 11.6 Å². The van der Waals surface area contributed by atoms with Gasteiger partial charge < -0.3 is 14.6 Å². The molecule has 1 aromatic carbocycles. The quantitative estimate of drug-likeness (QED) is 0.259. The minimum absolute atomic E-state index is 0. The molecule has 0 aliphatic rings. The number of nitrogens with one attached hydrogen (secondary N) is 2. The van der Waals surface area contributed by atoms with Crippen molar-refractivity contribution in [1.29, 1.82) is 0 Å². The highest BCUT2D eigenvalue weighted by Gasteiger charge is 2.09. The molecule has 28 heavy (non-hydrogen) atoms. The van der Waals surface area contributed by atoms with Crippen molar-refractivity contribution >= 4 is 45.9 Å². The van der Waals surface area contributed by atoms with E-state index in [0.717, 1.165) is 29.3 Å². The molecule has 0 amide bonds. The van der Waals surface area contributed by atoms with Crippen molar-refractivity contribution in [1.82, 2.24) is 25.4 Å². The van der Waals surface area contributed by atoms with Gasteiger partial charge in [-0.05, 0) is 36.8 Å². The summed E-state index contributed by atoms with van der Waals surface area (Å²) in [6, 6.07) is 12.0. The van der Waals surface area contributed by atoms with Crippen LogP contribution in [0.25, 0.3) is 11.6 Å². The zero-order valence-electron chi connectivity index (χ0n) is 15.9. The van der Waals surface area contributed by atoms with Crippen LogP contribution in [0, 0.1) is 0 Å². The molecule has 3 aromatic rings. The standard InChI is InChI=1S/C19H23BrN6O.HI/c1-3-21-19(26(2)13-14-6-8-15(20)9-7-14)22-11-10-17-23-18(25-24-17)16-5-4-12-27-16;/h4-9,12H,3,10-11,13H2,1-2H3,(H,21,22)(H,23,24,25);1H. The van der Waals surface area contributed by atoms with Gasteiger partial charge in [-0.3, -0.25) is 10.1 Å². The number of aliphatic imine (C=N–C) groups is 1. The molecule has 2 N–H and O–H groups in total. The fourth-order valence-electron chi connectivity index (χ4n) is 2.60. The molecule has 7 nitrogen and oxygen atoms in total. The van der Waals surface area contributed by atoms with Crippen LogP contribution in [-0.2, 0) is 13.0 Å². The molecule has 0 aliphatic heterocycles. The van der Waals surface area contributed by atoms with Gasteiger partial charge in [0, 0.05) is 37.6 Å². The lowest BCUT2D eigenvalue weighted by Crippen LogP contribution is -2.38. The van der Waals surface area contributed by atoms with E-state index in [2.05, 4.69) is 60.4 Å². The molecule has 0 unspecified atom stereocenters. The number of nitrogens with zero attached hydrogens (tertiary/aromatic N) is 4. The Kier molecular flexibility index (Phi) is 8.97. The van der Waals surface area contributed by atoms with Crippen molar-refractivity contribution < 1.29 is 4.42 Å². The molecule has 0 saturated carbocycles. The monoisotopic (exact) mass is 558 g/mol. The minimum Gasteiger partial charge on any atom is -0.461 e. The fourth-order valence-corrected chi connectivity index (χ4v) is 2.86. The Hall–Kier alpha value is -1.88. The second-order valence-electron chi connectivity index (χ2n) is 6.05. The van der Waals surface area contributed by atoms with Gasteiger partial charge in [-0.15, -0.1) is 24.0 Å². The molecule has 0 atom stereocenters. The van der Waals surface area contributed by atoms with E-state index in [1.807, 2.05) is 31.3 Å². The molecule has 0 saturated heterocycles. The van der Waals surface area contributed by atoms with E-state index >= 15 is 0 Å². The van der Waals surface area contributed by atoms with Crippen molar-refractivity contribution in [2.75, 3.05) is 20.1 Å². The zero-order chi connectivity index (χ0) is 19.1. The maximum atomic E-state index is 5.31. The van der Waals surface area contributed by atoms with Gasteiger partial charge in [0.1, 0.15) is 5.82 Å². The van der Waals surface area contributed by atoms with Crippen LogP contribution in [0.4, 0.5) is 0 Å². The zero-order valence-corrected chi connectivity index (χ0v) is 19.8. The van der Waals surface area contributed by atoms with Crippen LogP contribution >= 0.6 is 39.9 Å². The molecule has 0 aliphatic carbocycles. The van der Waals surface area contributed by atoms with Crippen LogP contribution in [0.1, 0.15) is 18.3 Å². The third-order valence-corrected chi connectivity index (χ3v) is 4.44. The highest BCUT2D eigenvalue weighted by molar-refractivity contribution is 14.0. The average molecular weight is 559 g/mol. The molecule has 9 heteroatoms. The Balaban J connectivity index is 0.00000280. The summed E-state index contributed by atoms with van der Waals surface area (Å²) in [4.78, 5) is 11.3. The van der Waals surface area contributed by atoms with E-state index in [9.17, 15) is 0 Å². The third-order valence-electron chi connectivity index (χ3n) is 3.91.